The lowest BCUT2D eigenvalue weighted by Gasteiger charge is -2.07. The van der Waals surface area contributed by atoms with E-state index in [0.717, 1.165) is 0 Å². The summed E-state index contributed by atoms with van der Waals surface area (Å²) >= 11 is 11.8. The van der Waals surface area contributed by atoms with Gasteiger partial charge < -0.3 is 9.84 Å². The molecule has 2 aromatic rings. The van der Waals surface area contributed by atoms with Gasteiger partial charge in [-0.15, -0.1) is 5.11 Å². The summed E-state index contributed by atoms with van der Waals surface area (Å²) in [6.45, 7) is 5.94. The zero-order valence-electron chi connectivity index (χ0n) is 14.5. The number of carbonyl (C=O) groups is 1. The number of azo groups is 1. The Balaban J connectivity index is 2.49. The van der Waals surface area contributed by atoms with Gasteiger partial charge in [-0.2, -0.15) is 10.2 Å². The Bertz CT molecular complexity index is 875. The highest BCUT2D eigenvalue weighted by molar-refractivity contribution is 6.42. The fraction of sp³-hybridized carbons (Fsp3) is 0.294. The highest BCUT2D eigenvalue weighted by Crippen LogP contribution is 2.28. The molecule has 0 amide bonds. The molecular formula is C17H18Cl2N4O3. The smallest absolute Gasteiger partial charge is 0.362 e. The largest absolute Gasteiger partial charge is 0.504 e. The number of aryl methyl sites for hydroxylation is 2. The molecule has 1 N–H and O–H groups in total. The highest BCUT2D eigenvalue weighted by atomic mass is 35.5. The number of aliphatic hydroxyl groups excluding tert-OH is 1. The zero-order valence-corrected chi connectivity index (χ0v) is 16.0. The van der Waals surface area contributed by atoms with Crippen molar-refractivity contribution in [2.75, 3.05) is 6.61 Å². The van der Waals surface area contributed by atoms with Gasteiger partial charge in [-0.05, 0) is 45.0 Å². The summed E-state index contributed by atoms with van der Waals surface area (Å²) in [7, 11) is 0. The molecule has 0 radical (unpaired) electrons. The van der Waals surface area contributed by atoms with Gasteiger partial charge in [-0.25, -0.2) is 4.79 Å². The number of aliphatic hydroxyl groups is 1. The predicted molar refractivity (Wildman–Crippen MR) is 99.8 cm³/mol. The summed E-state index contributed by atoms with van der Waals surface area (Å²) in [5, 5.41) is 23.3. The third kappa shape index (κ3) is 4.62. The number of rotatable bonds is 6. The number of hydrogen-bond donors (Lipinski definition) is 1. The second-order valence-electron chi connectivity index (χ2n) is 5.20. The van der Waals surface area contributed by atoms with Gasteiger partial charge in [-0.1, -0.05) is 23.2 Å². The third-order valence-electron chi connectivity index (χ3n) is 3.31. The van der Waals surface area contributed by atoms with Crippen LogP contribution in [0, 0.1) is 6.92 Å². The van der Waals surface area contributed by atoms with Gasteiger partial charge in [0.25, 0.3) is 0 Å². The Morgan fingerprint density at radius 2 is 2.00 bits per heavy atom. The Hall–Kier alpha value is -2.38. The first kappa shape index (κ1) is 19.9. The van der Waals surface area contributed by atoms with Gasteiger partial charge >= 0.3 is 5.97 Å². The molecule has 0 spiro atoms. The first-order valence-electron chi connectivity index (χ1n) is 7.89. The normalized spacial score (nSPS) is 12.3. The van der Waals surface area contributed by atoms with Crippen LogP contribution < -0.4 is 0 Å². The summed E-state index contributed by atoms with van der Waals surface area (Å²) in [5.41, 5.74) is 1.08. The molecule has 1 heterocycles. The Kier molecular flexibility index (Phi) is 6.76. The van der Waals surface area contributed by atoms with Crippen LogP contribution >= 0.6 is 23.2 Å². The van der Waals surface area contributed by atoms with E-state index in [1.807, 2.05) is 6.92 Å². The van der Waals surface area contributed by atoms with Crippen LogP contribution in [0.5, 0.6) is 0 Å². The number of ether oxygens (including phenoxy) is 1. The zero-order chi connectivity index (χ0) is 19.3. The molecule has 0 unspecified atom stereocenters. The van der Waals surface area contributed by atoms with E-state index in [-0.39, 0.29) is 18.1 Å². The van der Waals surface area contributed by atoms with Gasteiger partial charge in [0.2, 0.25) is 5.70 Å². The Labute approximate surface area is 160 Å². The summed E-state index contributed by atoms with van der Waals surface area (Å²) < 4.78 is 6.52. The molecule has 1 aromatic heterocycles. The topological polar surface area (TPSA) is 89.1 Å². The van der Waals surface area contributed by atoms with E-state index < -0.39 is 5.97 Å². The molecule has 0 atom stereocenters. The number of nitrogens with zero attached hydrogens (tertiary/aromatic N) is 4. The Morgan fingerprint density at radius 1 is 1.27 bits per heavy atom. The second kappa shape index (κ2) is 8.82. The van der Waals surface area contributed by atoms with Crippen LogP contribution in [0.1, 0.15) is 25.2 Å². The molecule has 0 fully saturated rings. The van der Waals surface area contributed by atoms with Crippen molar-refractivity contribution in [3.05, 3.63) is 51.4 Å². The van der Waals surface area contributed by atoms with Crippen LogP contribution in [-0.2, 0) is 16.1 Å². The second-order valence-corrected chi connectivity index (χ2v) is 6.02. The number of carbonyl (C=O) groups excluding carboxylic acids is 1. The van der Waals surface area contributed by atoms with Crippen LogP contribution in [-0.4, -0.2) is 27.5 Å². The monoisotopic (exact) mass is 396 g/mol. The summed E-state index contributed by atoms with van der Waals surface area (Å²) in [5.74, 6) is -1.16. The summed E-state index contributed by atoms with van der Waals surface area (Å²) in [6, 6.07) is 6.28. The van der Waals surface area contributed by atoms with Crippen molar-refractivity contribution in [3.8, 4) is 0 Å². The molecular weight excluding hydrogens is 379 g/mol. The van der Waals surface area contributed by atoms with Gasteiger partial charge in [0.1, 0.15) is 5.69 Å². The van der Waals surface area contributed by atoms with Crippen molar-refractivity contribution in [2.24, 2.45) is 10.2 Å². The molecule has 138 valence electrons. The van der Waals surface area contributed by atoms with Crippen LogP contribution in [0.4, 0.5) is 5.69 Å². The molecule has 0 aliphatic rings. The van der Waals surface area contributed by atoms with Gasteiger partial charge in [0, 0.05) is 6.54 Å². The minimum atomic E-state index is -0.796. The maximum absolute atomic E-state index is 12.2. The number of aromatic nitrogens is 2. The van der Waals surface area contributed by atoms with Crippen molar-refractivity contribution in [1.82, 2.24) is 9.78 Å². The van der Waals surface area contributed by atoms with Crippen molar-refractivity contribution < 1.29 is 14.6 Å². The lowest BCUT2D eigenvalue weighted by atomic mass is 10.2. The predicted octanol–water partition coefficient (Wildman–Crippen LogP) is 5.09. The van der Waals surface area contributed by atoms with E-state index in [2.05, 4.69) is 15.3 Å². The van der Waals surface area contributed by atoms with E-state index in [0.29, 0.717) is 33.7 Å². The summed E-state index contributed by atoms with van der Waals surface area (Å²) in [4.78, 5) is 12.2. The molecule has 0 aliphatic heterocycles. The van der Waals surface area contributed by atoms with E-state index >= 15 is 0 Å². The highest BCUT2D eigenvalue weighted by Gasteiger charge is 2.21. The molecule has 0 aliphatic carbocycles. The van der Waals surface area contributed by atoms with E-state index in [1.54, 1.807) is 36.7 Å². The minimum Gasteiger partial charge on any atom is -0.504 e. The first-order chi connectivity index (χ1) is 12.4. The number of halogens is 2. The van der Waals surface area contributed by atoms with Gasteiger partial charge in [-0.3, -0.25) is 4.68 Å². The van der Waals surface area contributed by atoms with Gasteiger partial charge in [0.05, 0.1) is 28.0 Å². The average Bonchev–Trinajstić information content (AvgIpc) is 2.99. The van der Waals surface area contributed by atoms with Crippen LogP contribution in [0.3, 0.4) is 0 Å². The number of benzene rings is 1. The van der Waals surface area contributed by atoms with Crippen molar-refractivity contribution in [1.29, 1.82) is 0 Å². The van der Waals surface area contributed by atoms with Crippen LogP contribution in [0.15, 0.2) is 40.2 Å². The molecule has 0 bridgehead atoms. The molecule has 1 aromatic carbocycles. The standard InChI is InChI=1S/C17H18Cl2N4O3/c1-4-23-14(8-10(3)22-23)16(24)15(17(25)26-5-2)21-20-11-6-7-12(18)13(19)9-11/h6-9,24H,4-5H2,1-3H3/b16-15+,21-20?. The lowest BCUT2D eigenvalue weighted by Crippen LogP contribution is -2.10. The Morgan fingerprint density at radius 3 is 2.62 bits per heavy atom. The molecule has 7 nitrogen and oxygen atoms in total. The number of hydrogen-bond acceptors (Lipinski definition) is 6. The first-order valence-corrected chi connectivity index (χ1v) is 8.64. The molecule has 0 saturated heterocycles. The molecule has 2 rings (SSSR count). The SMILES string of the molecule is CCOC(=O)/C(N=Nc1ccc(Cl)c(Cl)c1)=C(\O)c1cc(C)nn1CC. The van der Waals surface area contributed by atoms with Crippen molar-refractivity contribution in [2.45, 2.75) is 27.3 Å². The maximum atomic E-state index is 12.2. The fourth-order valence-electron chi connectivity index (χ4n) is 2.14. The molecule has 9 heteroatoms. The fourth-order valence-corrected chi connectivity index (χ4v) is 2.43. The van der Waals surface area contributed by atoms with Crippen molar-refractivity contribution in [3.63, 3.8) is 0 Å². The molecule has 26 heavy (non-hydrogen) atoms. The minimum absolute atomic E-state index is 0.129. The number of esters is 1. The maximum Gasteiger partial charge on any atom is 0.362 e. The third-order valence-corrected chi connectivity index (χ3v) is 4.05. The van der Waals surface area contributed by atoms with E-state index in [9.17, 15) is 9.90 Å². The summed E-state index contributed by atoms with van der Waals surface area (Å²) in [6.07, 6.45) is 0. The lowest BCUT2D eigenvalue weighted by molar-refractivity contribution is -0.138. The van der Waals surface area contributed by atoms with E-state index in [4.69, 9.17) is 27.9 Å². The average molecular weight is 397 g/mol. The quantitative estimate of drug-likeness (QED) is 0.318. The van der Waals surface area contributed by atoms with Gasteiger partial charge in [0.15, 0.2) is 5.76 Å². The van der Waals surface area contributed by atoms with Crippen LogP contribution in [0.2, 0.25) is 10.0 Å². The van der Waals surface area contributed by atoms with Crippen molar-refractivity contribution >= 4 is 40.6 Å². The van der Waals surface area contributed by atoms with Crippen LogP contribution in [0.25, 0.3) is 5.76 Å². The van der Waals surface area contributed by atoms with E-state index in [1.165, 1.54) is 6.07 Å². The molecule has 0 saturated carbocycles.